The van der Waals surface area contributed by atoms with Crippen LogP contribution in [0.2, 0.25) is 5.02 Å². The lowest BCUT2D eigenvalue weighted by Crippen LogP contribution is -2.50. The van der Waals surface area contributed by atoms with E-state index in [2.05, 4.69) is 5.32 Å². The van der Waals surface area contributed by atoms with Gasteiger partial charge < -0.3 is 15.0 Å². The monoisotopic (exact) mass is 451 g/mol. The Morgan fingerprint density at radius 3 is 2.53 bits per heavy atom. The Balaban J connectivity index is 1.55. The lowest BCUT2D eigenvalue weighted by Gasteiger charge is -2.36. The maximum atomic E-state index is 13.6. The van der Waals surface area contributed by atoms with Crippen LogP contribution in [0.3, 0.4) is 0 Å². The van der Waals surface area contributed by atoms with Crippen molar-refractivity contribution in [2.24, 2.45) is 11.8 Å². The van der Waals surface area contributed by atoms with Gasteiger partial charge in [0, 0.05) is 23.5 Å². The molecule has 8 heteroatoms. The lowest BCUT2D eigenvalue weighted by atomic mass is 9.88. The van der Waals surface area contributed by atoms with Gasteiger partial charge in [-0.3, -0.25) is 19.3 Å². The topological polar surface area (TPSA) is 78.9 Å². The van der Waals surface area contributed by atoms with E-state index in [-0.39, 0.29) is 36.9 Å². The molecule has 1 N–H and O–H groups in total. The predicted octanol–water partition coefficient (Wildman–Crippen LogP) is 2.81. The van der Waals surface area contributed by atoms with Crippen molar-refractivity contribution in [3.8, 4) is 0 Å². The largest absolute Gasteiger partial charge is 0.383 e. The number of carbonyl (C=O) groups is 3. The highest BCUT2D eigenvalue weighted by Gasteiger charge is 2.63. The standard InChI is InChI=1S/C24H22ClN3O4/c1-32-13-12-27-23(30)19-18-11-6-14-4-2-3-5-17(14)28(18)21(20(19)24(27)31)22(29)26-16-9-7-15(25)8-10-16/h2-11,18-21H,12-13H2,1H3,(H,26,29)/t18-,19+,20-,21+/m1/s1. The van der Waals surface area contributed by atoms with E-state index in [1.54, 1.807) is 24.3 Å². The van der Waals surface area contributed by atoms with Crippen LogP contribution in [0.4, 0.5) is 11.4 Å². The number of nitrogens with zero attached hydrogens (tertiary/aromatic N) is 2. The van der Waals surface area contributed by atoms with Gasteiger partial charge in [0.25, 0.3) is 0 Å². The van der Waals surface area contributed by atoms with E-state index < -0.39 is 17.9 Å². The molecule has 3 heterocycles. The van der Waals surface area contributed by atoms with Crippen molar-refractivity contribution in [2.75, 3.05) is 30.5 Å². The summed E-state index contributed by atoms with van der Waals surface area (Å²) in [5.74, 6) is -2.30. The van der Waals surface area contributed by atoms with Crippen LogP contribution in [-0.4, -0.2) is 55.0 Å². The van der Waals surface area contributed by atoms with Gasteiger partial charge in [-0.2, -0.15) is 0 Å². The minimum atomic E-state index is -0.823. The number of methoxy groups -OCH3 is 1. The minimum Gasteiger partial charge on any atom is -0.383 e. The fraction of sp³-hybridized carbons (Fsp3) is 0.292. The average molecular weight is 452 g/mol. The number of imide groups is 1. The molecule has 164 valence electrons. The van der Waals surface area contributed by atoms with Crippen LogP contribution in [0.1, 0.15) is 5.56 Å². The molecule has 0 spiro atoms. The Morgan fingerprint density at radius 2 is 1.78 bits per heavy atom. The fourth-order valence-electron chi connectivity index (χ4n) is 5.03. The van der Waals surface area contributed by atoms with Crippen LogP contribution in [-0.2, 0) is 19.1 Å². The highest BCUT2D eigenvalue weighted by Crippen LogP contribution is 2.48. The molecule has 4 atom stereocenters. The summed E-state index contributed by atoms with van der Waals surface area (Å²) in [6.07, 6.45) is 3.89. The molecule has 32 heavy (non-hydrogen) atoms. The van der Waals surface area contributed by atoms with Gasteiger partial charge in [-0.15, -0.1) is 0 Å². The summed E-state index contributed by atoms with van der Waals surface area (Å²) in [6.45, 7) is 0.436. The first-order valence-electron chi connectivity index (χ1n) is 10.5. The fourth-order valence-corrected chi connectivity index (χ4v) is 5.15. The molecule has 0 aromatic heterocycles. The van der Waals surface area contributed by atoms with Gasteiger partial charge in [0.1, 0.15) is 6.04 Å². The molecular formula is C24H22ClN3O4. The molecule has 0 aliphatic carbocycles. The summed E-state index contributed by atoms with van der Waals surface area (Å²) in [5, 5.41) is 3.47. The number of fused-ring (bicyclic) bond motifs is 5. The average Bonchev–Trinajstić information content (AvgIpc) is 3.27. The van der Waals surface area contributed by atoms with Gasteiger partial charge in [-0.25, -0.2) is 0 Å². The van der Waals surface area contributed by atoms with E-state index in [1.807, 2.05) is 41.3 Å². The van der Waals surface area contributed by atoms with Crippen LogP contribution >= 0.6 is 11.6 Å². The number of hydrogen-bond donors (Lipinski definition) is 1. The number of likely N-dealkylation sites (tertiary alicyclic amines) is 1. The number of hydrogen-bond acceptors (Lipinski definition) is 5. The van der Waals surface area contributed by atoms with E-state index in [9.17, 15) is 14.4 Å². The maximum Gasteiger partial charge on any atom is 0.247 e. The van der Waals surface area contributed by atoms with Crippen LogP contribution in [0, 0.1) is 11.8 Å². The van der Waals surface area contributed by atoms with Gasteiger partial charge >= 0.3 is 0 Å². The zero-order valence-electron chi connectivity index (χ0n) is 17.4. The Bertz CT molecular complexity index is 1120. The first kappa shape index (κ1) is 20.7. The summed E-state index contributed by atoms with van der Waals surface area (Å²) in [5.41, 5.74) is 2.37. The molecule has 3 amide bonds. The van der Waals surface area contributed by atoms with Crippen LogP contribution < -0.4 is 10.2 Å². The van der Waals surface area contributed by atoms with E-state index in [4.69, 9.17) is 16.3 Å². The molecule has 3 aliphatic rings. The van der Waals surface area contributed by atoms with Crippen molar-refractivity contribution in [1.29, 1.82) is 0 Å². The number of rotatable bonds is 5. The molecular weight excluding hydrogens is 430 g/mol. The number of para-hydroxylation sites is 1. The van der Waals surface area contributed by atoms with Gasteiger partial charge in [0.05, 0.1) is 31.0 Å². The zero-order chi connectivity index (χ0) is 22.4. The zero-order valence-corrected chi connectivity index (χ0v) is 18.2. The number of nitrogens with one attached hydrogen (secondary N) is 1. The van der Waals surface area contributed by atoms with Crippen molar-refractivity contribution in [2.45, 2.75) is 12.1 Å². The summed E-state index contributed by atoms with van der Waals surface area (Å²) >= 11 is 5.96. The number of carbonyl (C=O) groups excluding carboxylic acids is 3. The molecule has 2 aromatic carbocycles. The molecule has 7 nitrogen and oxygen atoms in total. The van der Waals surface area contributed by atoms with Crippen LogP contribution in [0.5, 0.6) is 0 Å². The summed E-state index contributed by atoms with van der Waals surface area (Å²) in [4.78, 5) is 43.4. The molecule has 0 bridgehead atoms. The predicted molar refractivity (Wildman–Crippen MR) is 121 cm³/mol. The maximum absolute atomic E-state index is 13.6. The Labute approximate surface area is 190 Å². The van der Waals surface area contributed by atoms with Crippen molar-refractivity contribution in [3.05, 3.63) is 65.2 Å². The molecule has 5 rings (SSSR count). The quantitative estimate of drug-likeness (QED) is 0.707. The minimum absolute atomic E-state index is 0.180. The second kappa shape index (κ2) is 8.07. The third kappa shape index (κ3) is 3.20. The number of ether oxygens (including phenoxy) is 1. The van der Waals surface area contributed by atoms with E-state index in [0.717, 1.165) is 11.3 Å². The first-order chi connectivity index (χ1) is 15.5. The number of benzene rings is 2. The Morgan fingerprint density at radius 1 is 1.06 bits per heavy atom. The molecule has 3 aliphatic heterocycles. The molecule has 0 saturated carbocycles. The van der Waals surface area contributed by atoms with Crippen LogP contribution in [0.25, 0.3) is 6.08 Å². The van der Waals surface area contributed by atoms with E-state index in [0.29, 0.717) is 10.7 Å². The molecule has 2 aromatic rings. The second-order valence-electron chi connectivity index (χ2n) is 8.13. The number of halogens is 1. The van der Waals surface area contributed by atoms with Crippen LogP contribution in [0.15, 0.2) is 54.6 Å². The van der Waals surface area contributed by atoms with Crippen molar-refractivity contribution >= 4 is 46.8 Å². The van der Waals surface area contributed by atoms with Gasteiger partial charge in [0.15, 0.2) is 0 Å². The van der Waals surface area contributed by atoms with Gasteiger partial charge in [-0.1, -0.05) is 42.0 Å². The summed E-state index contributed by atoms with van der Waals surface area (Å²) in [7, 11) is 1.52. The highest BCUT2D eigenvalue weighted by molar-refractivity contribution is 6.30. The number of amides is 3. The summed E-state index contributed by atoms with van der Waals surface area (Å²) < 4.78 is 5.08. The molecule has 2 saturated heterocycles. The Kier molecular flexibility index (Phi) is 5.23. The van der Waals surface area contributed by atoms with E-state index >= 15 is 0 Å². The second-order valence-corrected chi connectivity index (χ2v) is 8.57. The third-order valence-electron chi connectivity index (χ3n) is 6.41. The highest BCUT2D eigenvalue weighted by atomic mass is 35.5. The molecule has 0 unspecified atom stereocenters. The van der Waals surface area contributed by atoms with Crippen molar-refractivity contribution < 1.29 is 19.1 Å². The number of anilines is 2. The van der Waals surface area contributed by atoms with Gasteiger partial charge in [0.2, 0.25) is 17.7 Å². The molecule has 0 radical (unpaired) electrons. The van der Waals surface area contributed by atoms with Gasteiger partial charge in [-0.05, 0) is 35.9 Å². The third-order valence-corrected chi connectivity index (χ3v) is 6.66. The SMILES string of the molecule is COCCN1C(=O)[C@@H]2[C@@H](C1=O)[C@@H](C(=O)Nc1ccc(Cl)cc1)N1c3ccccc3C=C[C@H]21. The lowest BCUT2D eigenvalue weighted by molar-refractivity contribution is -0.141. The first-order valence-corrected chi connectivity index (χ1v) is 10.8. The molecule has 2 fully saturated rings. The van der Waals surface area contributed by atoms with Crippen molar-refractivity contribution in [3.63, 3.8) is 0 Å². The summed E-state index contributed by atoms with van der Waals surface area (Å²) in [6, 6.07) is 13.3. The Hall–Kier alpha value is -3.16. The normalized spacial score (nSPS) is 25.6. The van der Waals surface area contributed by atoms with E-state index in [1.165, 1.54) is 12.0 Å². The smallest absolute Gasteiger partial charge is 0.247 e. The van der Waals surface area contributed by atoms with Crippen molar-refractivity contribution in [1.82, 2.24) is 4.90 Å².